The summed E-state index contributed by atoms with van der Waals surface area (Å²) in [4.78, 5) is 10.5. The van der Waals surface area contributed by atoms with Gasteiger partial charge in [-0.25, -0.2) is 0 Å². The van der Waals surface area contributed by atoms with Crippen molar-refractivity contribution in [2.24, 2.45) is 5.92 Å². The van der Waals surface area contributed by atoms with Crippen molar-refractivity contribution in [2.75, 3.05) is 0 Å². The van der Waals surface area contributed by atoms with E-state index >= 15 is 0 Å². The van der Waals surface area contributed by atoms with Crippen molar-refractivity contribution in [1.82, 2.24) is 0 Å². The Bertz CT molecular complexity index is 201. The van der Waals surface area contributed by atoms with Crippen LogP contribution in [0.3, 0.4) is 0 Å². The third kappa shape index (κ3) is 2.24. The van der Waals surface area contributed by atoms with Gasteiger partial charge >= 0.3 is 0 Å². The SMILES string of the molecule is CC(C=O)C1=CC(Cl)CCC1Cl. The third-order valence-corrected chi connectivity index (χ3v) is 2.98. The first kappa shape index (κ1) is 10.1. The summed E-state index contributed by atoms with van der Waals surface area (Å²) in [6, 6.07) is 0. The Labute approximate surface area is 82.7 Å². The zero-order chi connectivity index (χ0) is 9.14. The van der Waals surface area contributed by atoms with E-state index in [0.29, 0.717) is 0 Å². The molecule has 1 aliphatic carbocycles. The van der Waals surface area contributed by atoms with Gasteiger partial charge in [-0.1, -0.05) is 13.0 Å². The van der Waals surface area contributed by atoms with E-state index in [9.17, 15) is 4.79 Å². The molecule has 0 aliphatic heterocycles. The molecule has 3 unspecified atom stereocenters. The normalized spacial score (nSPS) is 32.4. The molecule has 0 N–H and O–H groups in total. The van der Waals surface area contributed by atoms with Crippen LogP contribution in [0.1, 0.15) is 19.8 Å². The first-order valence-corrected chi connectivity index (χ1v) is 4.97. The van der Waals surface area contributed by atoms with E-state index in [4.69, 9.17) is 23.2 Å². The average molecular weight is 207 g/mol. The van der Waals surface area contributed by atoms with Crippen molar-refractivity contribution in [3.05, 3.63) is 11.6 Å². The van der Waals surface area contributed by atoms with Crippen molar-refractivity contribution in [1.29, 1.82) is 0 Å². The largest absolute Gasteiger partial charge is 0.303 e. The van der Waals surface area contributed by atoms with Crippen LogP contribution in [0.5, 0.6) is 0 Å². The highest BCUT2D eigenvalue weighted by atomic mass is 35.5. The van der Waals surface area contributed by atoms with E-state index in [0.717, 1.165) is 24.7 Å². The Balaban J connectivity index is 2.76. The fourth-order valence-electron chi connectivity index (χ4n) is 1.38. The molecule has 0 aromatic rings. The molecule has 3 heteroatoms. The van der Waals surface area contributed by atoms with Crippen LogP contribution in [0, 0.1) is 5.92 Å². The highest BCUT2D eigenvalue weighted by Crippen LogP contribution is 2.30. The summed E-state index contributed by atoms with van der Waals surface area (Å²) in [6.45, 7) is 1.85. The number of alkyl halides is 2. The molecule has 0 aromatic carbocycles. The highest BCUT2D eigenvalue weighted by Gasteiger charge is 2.23. The number of halogens is 2. The van der Waals surface area contributed by atoms with Crippen molar-refractivity contribution in [2.45, 2.75) is 30.5 Å². The van der Waals surface area contributed by atoms with Crippen molar-refractivity contribution < 1.29 is 4.79 Å². The van der Waals surface area contributed by atoms with Crippen LogP contribution in [0.25, 0.3) is 0 Å². The van der Waals surface area contributed by atoms with Crippen LogP contribution < -0.4 is 0 Å². The second-order valence-electron chi connectivity index (χ2n) is 3.15. The van der Waals surface area contributed by atoms with Crippen LogP contribution in [0.2, 0.25) is 0 Å². The summed E-state index contributed by atoms with van der Waals surface area (Å²) in [7, 11) is 0. The topological polar surface area (TPSA) is 17.1 Å². The molecular formula is C9H12Cl2O. The van der Waals surface area contributed by atoms with Gasteiger partial charge in [-0.15, -0.1) is 23.2 Å². The van der Waals surface area contributed by atoms with Crippen LogP contribution >= 0.6 is 23.2 Å². The van der Waals surface area contributed by atoms with Gasteiger partial charge in [0, 0.05) is 5.92 Å². The van der Waals surface area contributed by atoms with E-state index < -0.39 is 0 Å². The second-order valence-corrected chi connectivity index (χ2v) is 4.24. The fourth-order valence-corrected chi connectivity index (χ4v) is 2.05. The minimum atomic E-state index is -0.0888. The standard InChI is InChI=1S/C9H12Cl2O/c1-6(5-12)8-4-7(10)2-3-9(8)11/h4-7,9H,2-3H2,1H3. The fraction of sp³-hybridized carbons (Fsp3) is 0.667. The van der Waals surface area contributed by atoms with Crippen molar-refractivity contribution in [3.8, 4) is 0 Å². The number of carbonyl (C=O) groups excluding carboxylic acids is 1. The molecule has 0 heterocycles. The molecule has 3 atom stereocenters. The van der Waals surface area contributed by atoms with Gasteiger partial charge in [0.1, 0.15) is 6.29 Å². The van der Waals surface area contributed by atoms with E-state index in [1.54, 1.807) is 0 Å². The number of hydrogen-bond acceptors (Lipinski definition) is 1. The summed E-state index contributed by atoms with van der Waals surface area (Å²) >= 11 is 12.0. The molecule has 0 amide bonds. The Kier molecular flexibility index (Phi) is 3.60. The van der Waals surface area contributed by atoms with E-state index in [-0.39, 0.29) is 16.7 Å². The molecule has 12 heavy (non-hydrogen) atoms. The predicted molar refractivity (Wildman–Crippen MR) is 51.8 cm³/mol. The van der Waals surface area contributed by atoms with Crippen LogP contribution in [0.4, 0.5) is 0 Å². The Morgan fingerprint density at radius 2 is 2.25 bits per heavy atom. The molecule has 1 aliphatic rings. The summed E-state index contributed by atoms with van der Waals surface area (Å²) in [5.74, 6) is -0.0888. The molecule has 0 bridgehead atoms. The Morgan fingerprint density at radius 1 is 1.58 bits per heavy atom. The molecule has 68 valence electrons. The Hall–Kier alpha value is -0.0100. The Morgan fingerprint density at radius 3 is 2.83 bits per heavy atom. The minimum Gasteiger partial charge on any atom is -0.303 e. The van der Waals surface area contributed by atoms with Gasteiger partial charge in [0.05, 0.1) is 10.8 Å². The average Bonchev–Trinajstić information content (AvgIpc) is 2.08. The maximum atomic E-state index is 10.5. The molecule has 1 rings (SSSR count). The lowest BCUT2D eigenvalue weighted by Gasteiger charge is -2.23. The van der Waals surface area contributed by atoms with Gasteiger partial charge in [-0.3, -0.25) is 0 Å². The lowest BCUT2D eigenvalue weighted by Crippen LogP contribution is -2.19. The number of allylic oxidation sites excluding steroid dienone is 2. The molecule has 0 saturated heterocycles. The molecule has 0 spiro atoms. The first-order chi connectivity index (χ1) is 5.65. The second kappa shape index (κ2) is 4.29. The smallest absolute Gasteiger partial charge is 0.126 e. The lowest BCUT2D eigenvalue weighted by molar-refractivity contribution is -0.109. The minimum absolute atomic E-state index is 0.000185. The van der Waals surface area contributed by atoms with Crippen molar-refractivity contribution >= 4 is 29.5 Å². The summed E-state index contributed by atoms with van der Waals surface area (Å²) in [5, 5.41) is 0.0533. The highest BCUT2D eigenvalue weighted by molar-refractivity contribution is 6.24. The summed E-state index contributed by atoms with van der Waals surface area (Å²) in [5.41, 5.74) is 0.984. The summed E-state index contributed by atoms with van der Waals surface area (Å²) in [6.07, 6.45) is 4.61. The molecular weight excluding hydrogens is 195 g/mol. The van der Waals surface area contributed by atoms with Crippen molar-refractivity contribution in [3.63, 3.8) is 0 Å². The van der Waals surface area contributed by atoms with E-state index in [1.165, 1.54) is 0 Å². The van der Waals surface area contributed by atoms with Gasteiger partial charge in [-0.2, -0.15) is 0 Å². The zero-order valence-electron chi connectivity index (χ0n) is 6.97. The van der Waals surface area contributed by atoms with Gasteiger partial charge < -0.3 is 4.79 Å². The van der Waals surface area contributed by atoms with Gasteiger partial charge in [0.2, 0.25) is 0 Å². The molecule has 0 fully saturated rings. The third-order valence-electron chi connectivity index (χ3n) is 2.16. The number of aldehydes is 1. The molecule has 0 radical (unpaired) electrons. The van der Waals surface area contributed by atoms with Crippen LogP contribution in [0.15, 0.2) is 11.6 Å². The van der Waals surface area contributed by atoms with E-state index in [1.807, 2.05) is 13.0 Å². The zero-order valence-corrected chi connectivity index (χ0v) is 8.48. The van der Waals surface area contributed by atoms with Crippen LogP contribution in [-0.2, 0) is 4.79 Å². The monoisotopic (exact) mass is 206 g/mol. The maximum absolute atomic E-state index is 10.5. The predicted octanol–water partition coefficient (Wildman–Crippen LogP) is 2.76. The number of carbonyl (C=O) groups is 1. The molecule has 1 nitrogen and oxygen atoms in total. The van der Waals surface area contributed by atoms with E-state index in [2.05, 4.69) is 0 Å². The van der Waals surface area contributed by atoms with Crippen LogP contribution in [-0.4, -0.2) is 17.0 Å². The summed E-state index contributed by atoms with van der Waals surface area (Å²) < 4.78 is 0. The van der Waals surface area contributed by atoms with Gasteiger partial charge in [0.15, 0.2) is 0 Å². The molecule has 0 saturated carbocycles. The van der Waals surface area contributed by atoms with Gasteiger partial charge in [-0.05, 0) is 18.4 Å². The number of rotatable bonds is 2. The lowest BCUT2D eigenvalue weighted by atomic mass is 9.90. The quantitative estimate of drug-likeness (QED) is 0.386. The molecule has 0 aromatic heterocycles. The number of hydrogen-bond donors (Lipinski definition) is 0. The first-order valence-electron chi connectivity index (χ1n) is 4.10. The van der Waals surface area contributed by atoms with Gasteiger partial charge in [0.25, 0.3) is 0 Å². The maximum Gasteiger partial charge on any atom is 0.126 e.